The van der Waals surface area contributed by atoms with Crippen LogP contribution in [-0.2, 0) is 5.88 Å². The number of alkyl halides is 1. The van der Waals surface area contributed by atoms with E-state index in [0.717, 1.165) is 11.3 Å². The summed E-state index contributed by atoms with van der Waals surface area (Å²) in [6.45, 7) is 4.71. The highest BCUT2D eigenvalue weighted by molar-refractivity contribution is 14.1. The van der Waals surface area contributed by atoms with E-state index in [2.05, 4.69) is 59.2 Å². The van der Waals surface area contributed by atoms with Crippen molar-refractivity contribution in [3.05, 3.63) is 27.6 Å². The molecule has 102 valence electrons. The minimum Gasteiger partial charge on any atom is -0.324 e. The van der Waals surface area contributed by atoms with E-state index in [1.165, 1.54) is 28.3 Å². The SMILES string of the molecule is CC1(C)CCC(n2c(CCl)nc3cc(I)ccc32)C1. The van der Waals surface area contributed by atoms with Crippen LogP contribution in [0.5, 0.6) is 0 Å². The summed E-state index contributed by atoms with van der Waals surface area (Å²) in [4.78, 5) is 4.71. The molecule has 2 aromatic rings. The number of benzene rings is 1. The zero-order valence-corrected chi connectivity index (χ0v) is 14.2. The lowest BCUT2D eigenvalue weighted by atomic mass is 9.92. The van der Waals surface area contributed by atoms with Gasteiger partial charge in [-0.1, -0.05) is 13.8 Å². The molecule has 1 aromatic carbocycles. The number of nitrogens with zero attached hydrogens (tertiary/aromatic N) is 2. The molecule has 1 atom stereocenters. The van der Waals surface area contributed by atoms with Crippen molar-refractivity contribution in [3.63, 3.8) is 0 Å². The van der Waals surface area contributed by atoms with Gasteiger partial charge in [0, 0.05) is 9.61 Å². The van der Waals surface area contributed by atoms with Crippen LogP contribution in [0.1, 0.15) is 45.0 Å². The molecule has 0 saturated heterocycles. The van der Waals surface area contributed by atoms with Crippen molar-refractivity contribution in [2.24, 2.45) is 5.41 Å². The number of fused-ring (bicyclic) bond motifs is 1. The first-order chi connectivity index (χ1) is 9.00. The fourth-order valence-corrected chi connectivity index (χ4v) is 3.91. The number of hydrogen-bond acceptors (Lipinski definition) is 1. The Morgan fingerprint density at radius 1 is 1.47 bits per heavy atom. The van der Waals surface area contributed by atoms with Gasteiger partial charge in [0.2, 0.25) is 0 Å². The molecule has 3 rings (SSSR count). The molecule has 0 N–H and O–H groups in total. The second-order valence-corrected chi connectivity index (χ2v) is 7.74. The van der Waals surface area contributed by atoms with E-state index < -0.39 is 0 Å². The second kappa shape index (κ2) is 4.92. The molecule has 1 aliphatic rings. The van der Waals surface area contributed by atoms with E-state index in [4.69, 9.17) is 16.6 Å². The first-order valence-electron chi connectivity index (χ1n) is 6.72. The van der Waals surface area contributed by atoms with E-state index in [1.807, 2.05) is 0 Å². The highest BCUT2D eigenvalue weighted by Crippen LogP contribution is 2.45. The molecule has 2 nitrogen and oxygen atoms in total. The van der Waals surface area contributed by atoms with Crippen molar-refractivity contribution in [2.75, 3.05) is 0 Å². The highest BCUT2D eigenvalue weighted by atomic mass is 127. The van der Waals surface area contributed by atoms with Crippen LogP contribution in [0, 0.1) is 8.99 Å². The number of rotatable bonds is 2. The van der Waals surface area contributed by atoms with Crippen molar-refractivity contribution in [3.8, 4) is 0 Å². The van der Waals surface area contributed by atoms with Gasteiger partial charge >= 0.3 is 0 Å². The first-order valence-corrected chi connectivity index (χ1v) is 8.34. The van der Waals surface area contributed by atoms with E-state index in [0.29, 0.717) is 17.3 Å². The Labute approximate surface area is 132 Å². The van der Waals surface area contributed by atoms with Crippen LogP contribution >= 0.6 is 34.2 Å². The summed E-state index contributed by atoms with van der Waals surface area (Å²) in [7, 11) is 0. The summed E-state index contributed by atoms with van der Waals surface area (Å²) in [5, 5.41) is 0. The molecule has 1 aromatic heterocycles. The minimum absolute atomic E-state index is 0.439. The van der Waals surface area contributed by atoms with Crippen molar-refractivity contribution in [2.45, 2.75) is 45.0 Å². The molecule has 4 heteroatoms. The Kier molecular flexibility index (Phi) is 3.54. The van der Waals surface area contributed by atoms with Crippen molar-refractivity contribution < 1.29 is 0 Å². The maximum absolute atomic E-state index is 6.11. The van der Waals surface area contributed by atoms with Gasteiger partial charge in [-0.3, -0.25) is 0 Å². The molecule has 1 heterocycles. The van der Waals surface area contributed by atoms with Gasteiger partial charge in [-0.15, -0.1) is 11.6 Å². The minimum atomic E-state index is 0.439. The summed E-state index contributed by atoms with van der Waals surface area (Å²) in [5.41, 5.74) is 2.75. The van der Waals surface area contributed by atoms with Crippen LogP contribution in [0.3, 0.4) is 0 Å². The summed E-state index contributed by atoms with van der Waals surface area (Å²) in [6.07, 6.45) is 3.73. The van der Waals surface area contributed by atoms with Crippen molar-refractivity contribution >= 4 is 45.2 Å². The molecule has 1 unspecified atom stereocenters. The summed E-state index contributed by atoms with van der Waals surface area (Å²) in [6, 6.07) is 7.03. The molecule has 1 saturated carbocycles. The van der Waals surface area contributed by atoms with E-state index in [9.17, 15) is 0 Å². The maximum atomic E-state index is 6.11. The third-order valence-corrected chi connectivity index (χ3v) is 5.06. The Bertz CT molecular complexity index is 618. The predicted octanol–water partition coefficient (Wildman–Crippen LogP) is 5.13. The van der Waals surface area contributed by atoms with Gasteiger partial charge in [0.1, 0.15) is 5.82 Å². The zero-order valence-electron chi connectivity index (χ0n) is 11.3. The predicted molar refractivity (Wildman–Crippen MR) is 88.7 cm³/mol. The molecular weight excluding hydrogens is 371 g/mol. The number of halogens is 2. The lowest BCUT2D eigenvalue weighted by Gasteiger charge is -2.19. The van der Waals surface area contributed by atoms with Crippen LogP contribution in [0.25, 0.3) is 11.0 Å². The van der Waals surface area contributed by atoms with Gasteiger partial charge in [0.25, 0.3) is 0 Å². The van der Waals surface area contributed by atoms with Crippen LogP contribution < -0.4 is 0 Å². The number of aromatic nitrogens is 2. The topological polar surface area (TPSA) is 17.8 Å². The molecular formula is C15H18ClIN2. The third-order valence-electron chi connectivity index (χ3n) is 4.15. The molecule has 19 heavy (non-hydrogen) atoms. The van der Waals surface area contributed by atoms with Gasteiger partial charge in [-0.2, -0.15) is 0 Å². The van der Waals surface area contributed by atoms with Crippen molar-refractivity contribution in [1.82, 2.24) is 9.55 Å². The Hall–Kier alpha value is -0.290. The average Bonchev–Trinajstić information content (AvgIpc) is 2.88. The Balaban J connectivity index is 2.11. The second-order valence-electron chi connectivity index (χ2n) is 6.23. The third kappa shape index (κ3) is 2.51. The lowest BCUT2D eigenvalue weighted by Crippen LogP contribution is -2.11. The van der Waals surface area contributed by atoms with E-state index >= 15 is 0 Å². The van der Waals surface area contributed by atoms with Crippen molar-refractivity contribution in [1.29, 1.82) is 0 Å². The summed E-state index contributed by atoms with van der Waals surface area (Å²) >= 11 is 8.44. The molecule has 0 amide bonds. The largest absolute Gasteiger partial charge is 0.324 e. The molecule has 0 bridgehead atoms. The van der Waals surface area contributed by atoms with Gasteiger partial charge in [0.05, 0.1) is 16.9 Å². The normalized spacial score (nSPS) is 22.2. The molecule has 0 radical (unpaired) electrons. The quantitative estimate of drug-likeness (QED) is 0.515. The van der Waals surface area contributed by atoms with Gasteiger partial charge in [-0.05, 0) is 65.5 Å². The molecule has 1 aliphatic carbocycles. The maximum Gasteiger partial charge on any atom is 0.125 e. The molecule has 1 fully saturated rings. The fraction of sp³-hybridized carbons (Fsp3) is 0.533. The molecule has 0 spiro atoms. The highest BCUT2D eigenvalue weighted by Gasteiger charge is 2.33. The summed E-state index contributed by atoms with van der Waals surface area (Å²) in [5.74, 6) is 1.50. The van der Waals surface area contributed by atoms with Gasteiger partial charge < -0.3 is 4.57 Å². The van der Waals surface area contributed by atoms with E-state index in [-0.39, 0.29) is 0 Å². The summed E-state index contributed by atoms with van der Waals surface area (Å²) < 4.78 is 3.61. The Morgan fingerprint density at radius 3 is 2.89 bits per heavy atom. The van der Waals surface area contributed by atoms with Crippen LogP contribution in [0.15, 0.2) is 18.2 Å². The first kappa shape index (κ1) is 13.7. The van der Waals surface area contributed by atoms with Crippen LogP contribution in [0.4, 0.5) is 0 Å². The Morgan fingerprint density at radius 2 is 2.26 bits per heavy atom. The number of hydrogen-bond donors (Lipinski definition) is 0. The van der Waals surface area contributed by atoms with Crippen LogP contribution in [0.2, 0.25) is 0 Å². The standard InChI is InChI=1S/C15H18ClIN2/c1-15(2)6-5-11(8-15)19-13-4-3-10(17)7-12(13)18-14(19)9-16/h3-4,7,11H,5-6,8-9H2,1-2H3. The molecule has 0 aliphatic heterocycles. The zero-order chi connectivity index (χ0) is 13.6. The monoisotopic (exact) mass is 388 g/mol. The van der Waals surface area contributed by atoms with Gasteiger partial charge in [0.15, 0.2) is 0 Å². The van der Waals surface area contributed by atoms with E-state index in [1.54, 1.807) is 0 Å². The number of imidazole rings is 1. The van der Waals surface area contributed by atoms with Gasteiger partial charge in [-0.25, -0.2) is 4.98 Å². The van der Waals surface area contributed by atoms with Crippen LogP contribution in [-0.4, -0.2) is 9.55 Å². The lowest BCUT2D eigenvalue weighted by molar-refractivity contribution is 0.359. The average molecular weight is 389 g/mol. The smallest absolute Gasteiger partial charge is 0.125 e. The fourth-order valence-electron chi connectivity index (χ4n) is 3.24.